The van der Waals surface area contributed by atoms with Crippen LogP contribution in [0.2, 0.25) is 0 Å². The van der Waals surface area contributed by atoms with E-state index in [4.69, 9.17) is 16.3 Å². The van der Waals surface area contributed by atoms with Gasteiger partial charge in [0.2, 0.25) is 10.0 Å². The zero-order valence-corrected chi connectivity index (χ0v) is 12.7. The summed E-state index contributed by atoms with van der Waals surface area (Å²) >= 11 is 5.78. The average molecular weight is 307 g/mol. The zero-order valence-electron chi connectivity index (χ0n) is 11.2. The van der Waals surface area contributed by atoms with Crippen LogP contribution in [-0.2, 0) is 27.7 Å². The van der Waals surface area contributed by atoms with E-state index in [9.17, 15) is 8.42 Å². The van der Waals surface area contributed by atoms with Crippen molar-refractivity contribution >= 4 is 21.6 Å². The molecule has 0 amide bonds. The van der Waals surface area contributed by atoms with Crippen LogP contribution in [0.4, 0.5) is 0 Å². The second-order valence-corrected chi connectivity index (χ2v) is 6.88. The SMILES string of the molecule is CCC1CN(S(=O)(=O)c2cc(CCl)n(C)c2)CCO1. The first-order valence-corrected chi connectivity index (χ1v) is 8.29. The summed E-state index contributed by atoms with van der Waals surface area (Å²) in [6.07, 6.45) is 2.41. The van der Waals surface area contributed by atoms with Crippen molar-refractivity contribution in [1.29, 1.82) is 0 Å². The predicted molar refractivity (Wildman–Crippen MR) is 73.8 cm³/mol. The minimum atomic E-state index is -3.44. The molecular weight excluding hydrogens is 288 g/mol. The second kappa shape index (κ2) is 5.83. The average Bonchev–Trinajstić information content (AvgIpc) is 2.80. The largest absolute Gasteiger partial charge is 0.375 e. The van der Waals surface area contributed by atoms with Gasteiger partial charge in [-0.3, -0.25) is 0 Å². The minimum absolute atomic E-state index is 0.0141. The molecule has 2 rings (SSSR count). The number of hydrogen-bond donors (Lipinski definition) is 0. The van der Waals surface area contributed by atoms with E-state index in [1.54, 1.807) is 23.9 Å². The molecule has 7 heteroatoms. The van der Waals surface area contributed by atoms with Crippen molar-refractivity contribution in [2.75, 3.05) is 19.7 Å². The summed E-state index contributed by atoms with van der Waals surface area (Å²) in [5.41, 5.74) is 0.792. The Morgan fingerprint density at radius 3 is 2.84 bits per heavy atom. The molecule has 1 aromatic rings. The molecule has 1 atom stereocenters. The van der Waals surface area contributed by atoms with Gasteiger partial charge in [0.05, 0.1) is 18.6 Å². The fraction of sp³-hybridized carbons (Fsp3) is 0.667. The van der Waals surface area contributed by atoms with Crippen molar-refractivity contribution in [3.63, 3.8) is 0 Å². The van der Waals surface area contributed by atoms with E-state index in [0.29, 0.717) is 30.5 Å². The number of aryl methyl sites for hydroxylation is 1. The third kappa shape index (κ3) is 2.97. The topological polar surface area (TPSA) is 51.5 Å². The van der Waals surface area contributed by atoms with Crippen LogP contribution in [0.15, 0.2) is 17.2 Å². The van der Waals surface area contributed by atoms with Gasteiger partial charge < -0.3 is 9.30 Å². The molecule has 108 valence electrons. The summed E-state index contributed by atoms with van der Waals surface area (Å²) in [4.78, 5) is 0.308. The summed E-state index contributed by atoms with van der Waals surface area (Å²) in [5, 5.41) is 0. The number of aromatic nitrogens is 1. The Morgan fingerprint density at radius 2 is 2.26 bits per heavy atom. The van der Waals surface area contributed by atoms with Crippen molar-refractivity contribution in [1.82, 2.24) is 8.87 Å². The first kappa shape index (κ1) is 14.8. The van der Waals surface area contributed by atoms with Crippen LogP contribution in [0.1, 0.15) is 19.0 Å². The van der Waals surface area contributed by atoms with Gasteiger partial charge in [-0.1, -0.05) is 6.92 Å². The fourth-order valence-corrected chi connectivity index (χ4v) is 3.98. The highest BCUT2D eigenvalue weighted by Crippen LogP contribution is 2.22. The number of alkyl halides is 1. The highest BCUT2D eigenvalue weighted by Gasteiger charge is 2.31. The van der Waals surface area contributed by atoms with E-state index >= 15 is 0 Å². The summed E-state index contributed by atoms with van der Waals surface area (Å²) in [5.74, 6) is 0.298. The standard InChI is InChI=1S/C12H19ClN2O3S/c1-3-11-8-15(4-5-18-11)19(16,17)12-6-10(7-13)14(2)9-12/h6,9,11H,3-5,7-8H2,1-2H3. The fourth-order valence-electron chi connectivity index (χ4n) is 2.16. The van der Waals surface area contributed by atoms with Gasteiger partial charge in [0, 0.05) is 32.0 Å². The normalized spacial score (nSPS) is 21.7. The Labute approximate surface area is 119 Å². The van der Waals surface area contributed by atoms with E-state index < -0.39 is 10.0 Å². The maximum Gasteiger partial charge on any atom is 0.244 e. The van der Waals surface area contributed by atoms with Crippen LogP contribution in [0.25, 0.3) is 0 Å². The monoisotopic (exact) mass is 306 g/mol. The molecule has 1 unspecified atom stereocenters. The molecule has 0 radical (unpaired) electrons. The lowest BCUT2D eigenvalue weighted by Gasteiger charge is -2.31. The quantitative estimate of drug-likeness (QED) is 0.793. The van der Waals surface area contributed by atoms with Crippen LogP contribution < -0.4 is 0 Å². The van der Waals surface area contributed by atoms with Crippen molar-refractivity contribution in [2.24, 2.45) is 7.05 Å². The first-order valence-electron chi connectivity index (χ1n) is 6.32. The van der Waals surface area contributed by atoms with E-state index in [2.05, 4.69) is 0 Å². The van der Waals surface area contributed by atoms with Crippen molar-refractivity contribution in [3.05, 3.63) is 18.0 Å². The maximum atomic E-state index is 12.5. The number of morpholine rings is 1. The molecule has 0 spiro atoms. The van der Waals surface area contributed by atoms with Crippen molar-refractivity contribution in [3.8, 4) is 0 Å². The van der Waals surface area contributed by atoms with E-state index in [0.717, 1.165) is 12.1 Å². The second-order valence-electron chi connectivity index (χ2n) is 4.68. The zero-order chi connectivity index (χ0) is 14.0. The molecule has 1 saturated heterocycles. The summed E-state index contributed by atoms with van der Waals surface area (Å²) < 4.78 is 33.8. The third-order valence-corrected chi connectivity index (χ3v) is 5.52. The molecule has 0 bridgehead atoms. The molecule has 1 aliphatic rings. The number of halogens is 1. The number of rotatable bonds is 4. The van der Waals surface area contributed by atoms with E-state index in [1.807, 2.05) is 6.92 Å². The molecule has 1 aromatic heterocycles. The molecule has 0 aliphatic carbocycles. The maximum absolute atomic E-state index is 12.5. The molecule has 19 heavy (non-hydrogen) atoms. The molecule has 0 aromatic carbocycles. The molecular formula is C12H19ClN2O3S. The van der Waals surface area contributed by atoms with E-state index in [-0.39, 0.29) is 6.10 Å². The number of ether oxygens (including phenoxy) is 1. The molecule has 1 fully saturated rings. The molecule has 5 nitrogen and oxygen atoms in total. The van der Waals surface area contributed by atoms with Gasteiger partial charge in [-0.05, 0) is 12.5 Å². The van der Waals surface area contributed by atoms with Gasteiger partial charge >= 0.3 is 0 Å². The molecule has 0 N–H and O–H groups in total. The highest BCUT2D eigenvalue weighted by molar-refractivity contribution is 7.89. The van der Waals surface area contributed by atoms with Crippen LogP contribution in [0.3, 0.4) is 0 Å². The minimum Gasteiger partial charge on any atom is -0.375 e. The van der Waals surface area contributed by atoms with Crippen molar-refractivity contribution < 1.29 is 13.2 Å². The smallest absolute Gasteiger partial charge is 0.244 e. The van der Waals surface area contributed by atoms with Crippen LogP contribution in [0, 0.1) is 0 Å². The Hall–Kier alpha value is -0.560. The van der Waals surface area contributed by atoms with Crippen molar-refractivity contribution in [2.45, 2.75) is 30.2 Å². The third-order valence-electron chi connectivity index (χ3n) is 3.41. The lowest BCUT2D eigenvalue weighted by atomic mass is 10.2. The summed E-state index contributed by atoms with van der Waals surface area (Å²) in [6, 6.07) is 1.64. The Balaban J connectivity index is 2.25. The first-order chi connectivity index (χ1) is 8.98. The number of hydrogen-bond acceptors (Lipinski definition) is 3. The van der Waals surface area contributed by atoms with Gasteiger partial charge in [-0.2, -0.15) is 4.31 Å². The van der Waals surface area contributed by atoms with Gasteiger partial charge in [-0.25, -0.2) is 8.42 Å². The Bertz CT molecular complexity index is 541. The number of sulfonamides is 1. The Morgan fingerprint density at radius 1 is 1.53 bits per heavy atom. The van der Waals surface area contributed by atoms with Gasteiger partial charge in [0.25, 0.3) is 0 Å². The van der Waals surface area contributed by atoms with Crippen LogP contribution in [0.5, 0.6) is 0 Å². The summed E-state index contributed by atoms with van der Waals surface area (Å²) in [7, 11) is -1.65. The van der Waals surface area contributed by atoms with E-state index in [1.165, 1.54) is 4.31 Å². The molecule has 0 saturated carbocycles. The lowest BCUT2D eigenvalue weighted by molar-refractivity contribution is -0.00277. The molecule has 2 heterocycles. The van der Waals surface area contributed by atoms with Gasteiger partial charge in [0.15, 0.2) is 0 Å². The molecule has 1 aliphatic heterocycles. The van der Waals surface area contributed by atoms with Crippen LogP contribution >= 0.6 is 11.6 Å². The Kier molecular flexibility index (Phi) is 4.55. The summed E-state index contributed by atoms with van der Waals surface area (Å²) in [6.45, 7) is 3.27. The lowest BCUT2D eigenvalue weighted by Crippen LogP contribution is -2.45. The van der Waals surface area contributed by atoms with Crippen LogP contribution in [-0.4, -0.2) is 43.1 Å². The highest BCUT2D eigenvalue weighted by atomic mass is 35.5. The number of nitrogens with zero attached hydrogens (tertiary/aromatic N) is 2. The van der Waals surface area contributed by atoms with Gasteiger partial charge in [0.1, 0.15) is 4.90 Å². The van der Waals surface area contributed by atoms with Gasteiger partial charge in [-0.15, -0.1) is 11.6 Å². The predicted octanol–water partition coefficient (Wildman–Crippen LogP) is 1.56.